The Morgan fingerprint density at radius 1 is 1.20 bits per heavy atom. The molecule has 3 atom stereocenters. The molecule has 1 fully saturated rings. The summed E-state index contributed by atoms with van der Waals surface area (Å²) < 4.78 is 27.1. The van der Waals surface area contributed by atoms with Crippen LogP contribution >= 0.6 is 22.6 Å². The van der Waals surface area contributed by atoms with Crippen LogP contribution in [0.5, 0.6) is 11.5 Å². The number of aliphatic hydroxyl groups excluding tert-OH is 3. The molecule has 0 aliphatic heterocycles. The second-order valence-corrected chi connectivity index (χ2v) is 11.1. The Balaban J connectivity index is 1.73. The highest BCUT2D eigenvalue weighted by Crippen LogP contribution is 2.38. The van der Waals surface area contributed by atoms with Crippen molar-refractivity contribution in [2.45, 2.75) is 57.1 Å². The lowest BCUT2D eigenvalue weighted by Gasteiger charge is -2.43. The third kappa shape index (κ3) is 6.76. The van der Waals surface area contributed by atoms with E-state index in [0.29, 0.717) is 39.0 Å². The fraction of sp³-hybridized carbons (Fsp3) is 0.448. The van der Waals surface area contributed by atoms with Crippen LogP contribution in [0.15, 0.2) is 48.0 Å². The van der Waals surface area contributed by atoms with Crippen molar-refractivity contribution in [1.82, 2.24) is 10.2 Å². The lowest BCUT2D eigenvalue weighted by molar-refractivity contribution is -0.146. The normalized spacial score (nSPS) is 20.8. The zero-order valence-corrected chi connectivity index (χ0v) is 24.3. The number of benzene rings is 2. The van der Waals surface area contributed by atoms with Crippen LogP contribution in [0.4, 0.5) is 4.39 Å². The van der Waals surface area contributed by atoms with Crippen molar-refractivity contribution in [3.63, 3.8) is 0 Å². The summed E-state index contributed by atoms with van der Waals surface area (Å²) in [6.45, 7) is -0.501. The molecule has 0 heterocycles. The van der Waals surface area contributed by atoms with Gasteiger partial charge in [0, 0.05) is 36.6 Å². The molecule has 0 radical (unpaired) electrons. The zero-order valence-electron chi connectivity index (χ0n) is 22.2. The number of rotatable bonds is 11. The van der Waals surface area contributed by atoms with Gasteiger partial charge < -0.3 is 35.0 Å². The van der Waals surface area contributed by atoms with Crippen LogP contribution in [-0.2, 0) is 22.7 Å². The molecule has 2 aromatic carbocycles. The van der Waals surface area contributed by atoms with E-state index in [4.69, 9.17) is 9.47 Å². The zero-order chi connectivity index (χ0) is 28.8. The largest absolute Gasteiger partial charge is 0.493 e. The predicted octanol–water partition coefficient (Wildman–Crippen LogP) is 2.68. The quantitative estimate of drug-likeness (QED) is 0.271. The summed E-state index contributed by atoms with van der Waals surface area (Å²) in [7, 11) is 1.45. The van der Waals surface area contributed by atoms with Gasteiger partial charge in [0.2, 0.25) is 11.8 Å². The number of carbonyl (C=O) groups is 2. The topological polar surface area (TPSA) is 129 Å². The molecule has 0 spiro atoms. The summed E-state index contributed by atoms with van der Waals surface area (Å²) in [5.74, 6) is -0.719. The molecular weight excluding hydrogens is 634 g/mol. The summed E-state index contributed by atoms with van der Waals surface area (Å²) in [5.41, 5.74) is 1.18. The smallest absolute Gasteiger partial charge is 0.247 e. The number of halogens is 2. The van der Waals surface area contributed by atoms with Crippen molar-refractivity contribution in [2.24, 2.45) is 5.92 Å². The minimum Gasteiger partial charge on any atom is -0.493 e. The molecule has 40 heavy (non-hydrogen) atoms. The number of carbonyl (C=O) groups excluding carboxylic acids is 2. The Hall–Kier alpha value is -2.74. The summed E-state index contributed by atoms with van der Waals surface area (Å²) >= 11 is 2.04. The first-order valence-corrected chi connectivity index (χ1v) is 14.3. The maximum atomic E-state index is 14.7. The molecule has 2 aliphatic carbocycles. The van der Waals surface area contributed by atoms with Gasteiger partial charge >= 0.3 is 0 Å². The van der Waals surface area contributed by atoms with E-state index < -0.39 is 30.0 Å². The fourth-order valence-corrected chi connectivity index (χ4v) is 5.75. The van der Waals surface area contributed by atoms with E-state index in [1.807, 2.05) is 22.6 Å². The van der Waals surface area contributed by atoms with E-state index in [-0.39, 0.29) is 50.1 Å². The summed E-state index contributed by atoms with van der Waals surface area (Å²) in [4.78, 5) is 28.2. The maximum Gasteiger partial charge on any atom is 0.247 e. The van der Waals surface area contributed by atoms with Crippen molar-refractivity contribution < 1.29 is 38.8 Å². The summed E-state index contributed by atoms with van der Waals surface area (Å²) in [5, 5.41) is 33.1. The van der Waals surface area contributed by atoms with Crippen molar-refractivity contribution in [1.29, 1.82) is 0 Å². The van der Waals surface area contributed by atoms with Crippen LogP contribution in [0.3, 0.4) is 0 Å². The Kier molecular flexibility index (Phi) is 10.4. The maximum absolute atomic E-state index is 14.7. The monoisotopic (exact) mass is 668 g/mol. The molecule has 0 bridgehead atoms. The molecule has 0 saturated heterocycles. The molecule has 2 aliphatic rings. The average Bonchev–Trinajstić information content (AvgIpc) is 2.92. The van der Waals surface area contributed by atoms with E-state index in [1.54, 1.807) is 30.3 Å². The number of hydrogen-bond donors (Lipinski definition) is 4. The van der Waals surface area contributed by atoms with Crippen LogP contribution in [0, 0.1) is 15.3 Å². The number of aliphatic hydroxyl groups is 3. The molecule has 0 aromatic heterocycles. The molecule has 3 unspecified atom stereocenters. The standard InChI is InChI=1S/C29H34FIN2O7/c1-39-25-12-17(16-35)11-22(31)27(25)40-24-14-20(28(37)32-9-10-34)13-23(26(24)36)33(29(38)18-6-4-7-18)15-19-5-2-3-8-21(19)30/h2-3,5,8,11-12,14,18,23-24,26,34-36H,4,6-7,9-10,13,15-16H2,1H3,(H,32,37). The fourth-order valence-electron chi connectivity index (χ4n) is 4.95. The Bertz CT molecular complexity index is 1250. The van der Waals surface area contributed by atoms with Crippen molar-refractivity contribution >= 4 is 34.4 Å². The Morgan fingerprint density at radius 2 is 1.95 bits per heavy atom. The van der Waals surface area contributed by atoms with Gasteiger partial charge in [0.15, 0.2) is 11.5 Å². The van der Waals surface area contributed by atoms with Gasteiger partial charge in [-0.05, 0) is 65.3 Å². The number of hydrogen-bond acceptors (Lipinski definition) is 7. The van der Waals surface area contributed by atoms with Crippen molar-refractivity contribution in [3.8, 4) is 11.5 Å². The van der Waals surface area contributed by atoms with Crippen LogP contribution in [0.25, 0.3) is 0 Å². The molecule has 4 rings (SSSR count). The predicted molar refractivity (Wildman–Crippen MR) is 153 cm³/mol. The Morgan fingerprint density at radius 3 is 2.58 bits per heavy atom. The summed E-state index contributed by atoms with van der Waals surface area (Å²) in [6.07, 6.45) is 1.54. The SMILES string of the molecule is COc1cc(CO)cc(I)c1OC1C=C(C(=O)NCCO)CC(N(Cc2ccccc2F)C(=O)C2CCC2)C1O. The van der Waals surface area contributed by atoms with Gasteiger partial charge in [-0.3, -0.25) is 9.59 Å². The molecule has 9 nitrogen and oxygen atoms in total. The van der Waals surface area contributed by atoms with Crippen molar-refractivity contribution in [3.05, 3.63) is 68.6 Å². The molecular formula is C29H34FIN2O7. The van der Waals surface area contributed by atoms with Crippen LogP contribution in [-0.4, -0.2) is 70.5 Å². The number of amides is 2. The van der Waals surface area contributed by atoms with E-state index >= 15 is 0 Å². The molecule has 4 N–H and O–H groups in total. The van der Waals surface area contributed by atoms with E-state index in [2.05, 4.69) is 5.32 Å². The first kappa shape index (κ1) is 30.2. The van der Waals surface area contributed by atoms with Crippen LogP contribution in [0.2, 0.25) is 0 Å². The third-order valence-electron chi connectivity index (χ3n) is 7.38. The van der Waals surface area contributed by atoms with Gasteiger partial charge in [0.1, 0.15) is 18.0 Å². The van der Waals surface area contributed by atoms with E-state index in [0.717, 1.165) is 6.42 Å². The highest BCUT2D eigenvalue weighted by Gasteiger charge is 2.43. The molecule has 2 amide bonds. The van der Waals surface area contributed by atoms with Crippen LogP contribution < -0.4 is 14.8 Å². The van der Waals surface area contributed by atoms with Gasteiger partial charge in [-0.15, -0.1) is 0 Å². The lowest BCUT2D eigenvalue weighted by atomic mass is 9.82. The number of methoxy groups -OCH3 is 1. The average molecular weight is 669 g/mol. The van der Waals surface area contributed by atoms with Gasteiger partial charge in [-0.25, -0.2) is 4.39 Å². The minimum atomic E-state index is -1.26. The highest BCUT2D eigenvalue weighted by molar-refractivity contribution is 14.1. The third-order valence-corrected chi connectivity index (χ3v) is 8.18. The van der Waals surface area contributed by atoms with E-state index in [9.17, 15) is 29.3 Å². The highest BCUT2D eigenvalue weighted by atomic mass is 127. The second kappa shape index (κ2) is 13.7. The Labute approximate surface area is 246 Å². The van der Waals surface area contributed by atoms with E-state index in [1.165, 1.54) is 24.2 Å². The first-order chi connectivity index (χ1) is 19.3. The van der Waals surface area contributed by atoms with Crippen molar-refractivity contribution in [2.75, 3.05) is 20.3 Å². The molecule has 11 heteroatoms. The number of nitrogens with one attached hydrogen (secondary N) is 1. The lowest BCUT2D eigenvalue weighted by Crippen LogP contribution is -2.56. The summed E-state index contributed by atoms with van der Waals surface area (Å²) in [6, 6.07) is 8.62. The molecule has 216 valence electrons. The number of ether oxygens (including phenoxy) is 2. The molecule has 2 aromatic rings. The minimum absolute atomic E-state index is 0.0167. The van der Waals surface area contributed by atoms with Gasteiger partial charge in [0.25, 0.3) is 0 Å². The van der Waals surface area contributed by atoms with Gasteiger partial charge in [-0.2, -0.15) is 0 Å². The second-order valence-electron chi connectivity index (χ2n) is 9.97. The molecule has 1 saturated carbocycles. The number of nitrogens with zero attached hydrogens (tertiary/aromatic N) is 1. The first-order valence-electron chi connectivity index (χ1n) is 13.2. The van der Waals surface area contributed by atoms with Gasteiger partial charge in [-0.1, -0.05) is 24.6 Å². The van der Waals surface area contributed by atoms with Gasteiger partial charge in [0.05, 0.1) is 29.9 Å². The van der Waals surface area contributed by atoms with Crippen LogP contribution in [0.1, 0.15) is 36.8 Å².